The average molecular weight is 301 g/mol. The molecular weight excluding hydrogens is 283 g/mol. The van der Waals surface area contributed by atoms with E-state index in [1.165, 1.54) is 11.1 Å². The number of nitrogens with one attached hydrogen (secondary N) is 2. The van der Waals surface area contributed by atoms with Crippen LogP contribution >= 0.6 is 0 Å². The molecule has 0 saturated heterocycles. The SMILES string of the molecule is O=C(NCCN1CCc2ccccc2C1)NCC(F)(F)F. The molecule has 0 fully saturated rings. The van der Waals surface area contributed by atoms with Crippen LogP contribution in [0.25, 0.3) is 0 Å². The van der Waals surface area contributed by atoms with Gasteiger partial charge in [-0.15, -0.1) is 0 Å². The molecule has 0 aromatic heterocycles. The number of amides is 2. The van der Waals surface area contributed by atoms with Gasteiger partial charge >= 0.3 is 12.2 Å². The minimum Gasteiger partial charge on any atom is -0.337 e. The molecule has 1 heterocycles. The Labute approximate surface area is 121 Å². The maximum absolute atomic E-state index is 11.9. The molecule has 1 aliphatic heterocycles. The van der Waals surface area contributed by atoms with Crippen molar-refractivity contribution < 1.29 is 18.0 Å². The minimum atomic E-state index is -4.38. The van der Waals surface area contributed by atoms with Gasteiger partial charge in [0.2, 0.25) is 0 Å². The number of hydrogen-bond acceptors (Lipinski definition) is 2. The summed E-state index contributed by atoms with van der Waals surface area (Å²) >= 11 is 0. The number of carbonyl (C=O) groups is 1. The maximum Gasteiger partial charge on any atom is 0.405 e. The van der Waals surface area contributed by atoms with Crippen molar-refractivity contribution in [3.63, 3.8) is 0 Å². The molecule has 0 spiro atoms. The third-order valence-corrected chi connectivity index (χ3v) is 3.37. The lowest BCUT2D eigenvalue weighted by Gasteiger charge is -2.28. The molecule has 21 heavy (non-hydrogen) atoms. The molecule has 0 unspecified atom stereocenters. The van der Waals surface area contributed by atoms with Crippen LogP contribution in [0.15, 0.2) is 24.3 Å². The van der Waals surface area contributed by atoms with Crippen molar-refractivity contribution in [2.24, 2.45) is 0 Å². The van der Waals surface area contributed by atoms with Crippen molar-refractivity contribution in [3.8, 4) is 0 Å². The predicted octanol–water partition coefficient (Wildman–Crippen LogP) is 1.91. The molecule has 2 amide bonds. The van der Waals surface area contributed by atoms with Gasteiger partial charge in [-0.05, 0) is 17.5 Å². The van der Waals surface area contributed by atoms with Gasteiger partial charge in [0.05, 0.1) is 0 Å². The Kier molecular flexibility index (Phi) is 5.06. The molecule has 1 aromatic rings. The highest BCUT2D eigenvalue weighted by molar-refractivity contribution is 5.73. The Morgan fingerprint density at radius 3 is 2.62 bits per heavy atom. The van der Waals surface area contributed by atoms with Gasteiger partial charge in [-0.1, -0.05) is 24.3 Å². The Bertz CT molecular complexity index is 491. The lowest BCUT2D eigenvalue weighted by atomic mass is 10.00. The summed E-state index contributed by atoms with van der Waals surface area (Å²) in [6.07, 6.45) is -3.43. The van der Waals surface area contributed by atoms with Crippen LogP contribution in [0.4, 0.5) is 18.0 Å². The fourth-order valence-electron chi connectivity index (χ4n) is 2.32. The number of urea groups is 1. The van der Waals surface area contributed by atoms with Crippen LogP contribution in [0, 0.1) is 0 Å². The Hall–Kier alpha value is -1.76. The van der Waals surface area contributed by atoms with Gasteiger partial charge in [0.1, 0.15) is 6.54 Å². The zero-order valence-electron chi connectivity index (χ0n) is 11.5. The van der Waals surface area contributed by atoms with Gasteiger partial charge in [-0.3, -0.25) is 4.90 Å². The third kappa shape index (κ3) is 5.26. The van der Waals surface area contributed by atoms with Crippen molar-refractivity contribution in [2.75, 3.05) is 26.2 Å². The highest BCUT2D eigenvalue weighted by Gasteiger charge is 2.27. The fourth-order valence-corrected chi connectivity index (χ4v) is 2.32. The Morgan fingerprint density at radius 2 is 1.90 bits per heavy atom. The fraction of sp³-hybridized carbons (Fsp3) is 0.500. The summed E-state index contributed by atoms with van der Waals surface area (Å²) in [4.78, 5) is 13.4. The first kappa shape index (κ1) is 15.6. The third-order valence-electron chi connectivity index (χ3n) is 3.37. The average Bonchev–Trinajstić information content (AvgIpc) is 2.44. The number of nitrogens with zero attached hydrogens (tertiary/aromatic N) is 1. The summed E-state index contributed by atoms with van der Waals surface area (Å²) in [6, 6.07) is 7.40. The highest BCUT2D eigenvalue weighted by Crippen LogP contribution is 2.17. The van der Waals surface area contributed by atoms with E-state index in [1.54, 1.807) is 5.32 Å². The standard InChI is InChI=1S/C14H18F3N3O/c15-14(16,17)10-19-13(21)18-6-8-20-7-5-11-3-1-2-4-12(11)9-20/h1-4H,5-10H2,(H2,18,19,21). The minimum absolute atomic E-state index is 0.325. The van der Waals surface area contributed by atoms with Gasteiger partial charge < -0.3 is 10.6 Å². The van der Waals surface area contributed by atoms with Crippen LogP contribution in [0.5, 0.6) is 0 Å². The molecule has 116 valence electrons. The zero-order chi connectivity index (χ0) is 15.3. The van der Waals surface area contributed by atoms with E-state index in [4.69, 9.17) is 0 Å². The van der Waals surface area contributed by atoms with Crippen LogP contribution < -0.4 is 10.6 Å². The second kappa shape index (κ2) is 6.80. The summed E-state index contributed by atoms with van der Waals surface area (Å²) in [7, 11) is 0. The van der Waals surface area contributed by atoms with Crippen LogP contribution in [-0.2, 0) is 13.0 Å². The molecule has 0 aliphatic carbocycles. The van der Waals surface area contributed by atoms with Gasteiger partial charge in [0.15, 0.2) is 0 Å². The van der Waals surface area contributed by atoms with Crippen molar-refractivity contribution in [1.29, 1.82) is 0 Å². The summed E-state index contributed by atoms with van der Waals surface area (Å²) in [5.74, 6) is 0. The molecule has 0 saturated carbocycles. The molecule has 0 bridgehead atoms. The molecule has 4 nitrogen and oxygen atoms in total. The van der Waals surface area contributed by atoms with Crippen LogP contribution in [0.2, 0.25) is 0 Å². The van der Waals surface area contributed by atoms with E-state index >= 15 is 0 Å². The lowest BCUT2D eigenvalue weighted by molar-refractivity contribution is -0.122. The smallest absolute Gasteiger partial charge is 0.337 e. The lowest BCUT2D eigenvalue weighted by Crippen LogP contribution is -2.44. The topological polar surface area (TPSA) is 44.4 Å². The first-order valence-corrected chi connectivity index (χ1v) is 6.81. The zero-order valence-corrected chi connectivity index (χ0v) is 11.5. The first-order chi connectivity index (χ1) is 9.94. The molecule has 2 rings (SSSR count). The van der Waals surface area contributed by atoms with Crippen LogP contribution in [0.3, 0.4) is 0 Å². The van der Waals surface area contributed by atoms with E-state index in [1.807, 2.05) is 12.1 Å². The van der Waals surface area contributed by atoms with Gasteiger partial charge in [-0.25, -0.2) is 4.79 Å². The summed E-state index contributed by atoms with van der Waals surface area (Å²) < 4.78 is 35.8. The molecular formula is C14H18F3N3O. The molecule has 2 N–H and O–H groups in total. The Balaban J connectivity index is 1.67. The van der Waals surface area contributed by atoms with Crippen molar-refractivity contribution in [2.45, 2.75) is 19.1 Å². The van der Waals surface area contributed by atoms with Crippen LogP contribution in [0.1, 0.15) is 11.1 Å². The molecule has 1 aliphatic rings. The van der Waals surface area contributed by atoms with E-state index in [9.17, 15) is 18.0 Å². The summed E-state index contributed by atoms with van der Waals surface area (Å²) in [5, 5.41) is 4.22. The molecule has 0 atom stereocenters. The van der Waals surface area contributed by atoms with Gasteiger partial charge in [0.25, 0.3) is 0 Å². The van der Waals surface area contributed by atoms with E-state index in [0.29, 0.717) is 13.1 Å². The normalized spacial score (nSPS) is 15.4. The summed E-state index contributed by atoms with van der Waals surface area (Å²) in [6.45, 7) is 1.33. The number of alkyl halides is 3. The molecule has 0 radical (unpaired) electrons. The van der Waals surface area contributed by atoms with E-state index < -0.39 is 18.8 Å². The quantitative estimate of drug-likeness (QED) is 0.892. The number of hydrogen-bond donors (Lipinski definition) is 2. The number of benzene rings is 1. The van der Waals surface area contributed by atoms with Crippen LogP contribution in [-0.4, -0.2) is 43.3 Å². The first-order valence-electron chi connectivity index (χ1n) is 6.81. The van der Waals surface area contributed by atoms with E-state index in [2.05, 4.69) is 22.3 Å². The highest BCUT2D eigenvalue weighted by atomic mass is 19.4. The maximum atomic E-state index is 11.9. The second-order valence-electron chi connectivity index (χ2n) is 5.02. The predicted molar refractivity (Wildman–Crippen MR) is 72.9 cm³/mol. The van der Waals surface area contributed by atoms with Gasteiger partial charge in [0, 0.05) is 26.2 Å². The van der Waals surface area contributed by atoms with Crippen molar-refractivity contribution >= 4 is 6.03 Å². The second-order valence-corrected chi connectivity index (χ2v) is 5.02. The number of halogens is 3. The van der Waals surface area contributed by atoms with Crippen molar-refractivity contribution in [1.82, 2.24) is 15.5 Å². The summed E-state index contributed by atoms with van der Waals surface area (Å²) in [5.41, 5.74) is 2.61. The number of rotatable bonds is 4. The van der Waals surface area contributed by atoms with E-state index in [-0.39, 0.29) is 0 Å². The number of carbonyl (C=O) groups excluding carboxylic acids is 1. The monoisotopic (exact) mass is 301 g/mol. The number of fused-ring (bicyclic) bond motifs is 1. The largest absolute Gasteiger partial charge is 0.405 e. The molecule has 1 aromatic carbocycles. The van der Waals surface area contributed by atoms with Crippen molar-refractivity contribution in [3.05, 3.63) is 35.4 Å². The molecule has 7 heteroatoms. The Morgan fingerprint density at radius 1 is 1.19 bits per heavy atom. The van der Waals surface area contributed by atoms with Gasteiger partial charge in [-0.2, -0.15) is 13.2 Å². The van der Waals surface area contributed by atoms with E-state index in [0.717, 1.165) is 19.5 Å².